The summed E-state index contributed by atoms with van der Waals surface area (Å²) in [4.78, 5) is 12.1. The lowest BCUT2D eigenvalue weighted by Crippen LogP contribution is -2.13. The minimum atomic E-state index is 0.193. The molecule has 0 atom stereocenters. The van der Waals surface area contributed by atoms with Gasteiger partial charge >= 0.3 is 0 Å². The Kier molecular flexibility index (Phi) is 5.60. The third kappa shape index (κ3) is 4.64. The molecule has 0 aliphatic carbocycles. The Morgan fingerprint density at radius 2 is 1.95 bits per heavy atom. The van der Waals surface area contributed by atoms with Gasteiger partial charge in [-0.2, -0.15) is 5.10 Å². The number of hydrogen-bond acceptors (Lipinski definition) is 2. The highest BCUT2D eigenvalue weighted by atomic mass is 35.5. The average molecular weight is 285 g/mol. The molecule has 1 heterocycles. The number of aromatic nitrogens is 2. The number of Topliss-reactive ketones (excluding diaryl/α,β-unsaturated/α-hetero) is 1. The number of halogens is 1. The summed E-state index contributed by atoms with van der Waals surface area (Å²) >= 11 is 6.31. The van der Waals surface area contributed by atoms with Crippen molar-refractivity contribution in [2.75, 3.05) is 0 Å². The molecule has 0 aliphatic rings. The Hall–Kier alpha value is -0.830. The Morgan fingerprint density at radius 1 is 1.32 bits per heavy atom. The molecule has 0 fully saturated rings. The first-order chi connectivity index (χ1) is 8.78. The van der Waals surface area contributed by atoms with E-state index in [2.05, 4.69) is 25.9 Å². The molecule has 1 aromatic heterocycles. The van der Waals surface area contributed by atoms with Crippen LogP contribution in [0, 0.1) is 5.41 Å². The molecule has 0 saturated heterocycles. The van der Waals surface area contributed by atoms with Crippen molar-refractivity contribution in [3.8, 4) is 0 Å². The first-order valence-corrected chi connectivity index (χ1v) is 7.42. The summed E-state index contributed by atoms with van der Waals surface area (Å²) in [7, 11) is 0. The van der Waals surface area contributed by atoms with Crippen molar-refractivity contribution < 1.29 is 4.79 Å². The average Bonchev–Trinajstić information content (AvgIpc) is 2.63. The van der Waals surface area contributed by atoms with E-state index in [-0.39, 0.29) is 11.2 Å². The molecular weight excluding hydrogens is 260 g/mol. The SMILES string of the molecule is CCc1nn(CC)c(CC(=O)CCC(C)(C)C)c1Cl. The monoisotopic (exact) mass is 284 g/mol. The highest BCUT2D eigenvalue weighted by Gasteiger charge is 2.19. The summed E-state index contributed by atoms with van der Waals surface area (Å²) < 4.78 is 1.86. The van der Waals surface area contributed by atoms with Gasteiger partial charge < -0.3 is 0 Å². The quantitative estimate of drug-likeness (QED) is 0.790. The molecule has 3 nitrogen and oxygen atoms in total. The molecule has 4 heteroatoms. The van der Waals surface area contributed by atoms with Crippen LogP contribution in [0.15, 0.2) is 0 Å². The van der Waals surface area contributed by atoms with Crippen LogP contribution in [0.4, 0.5) is 0 Å². The molecule has 1 rings (SSSR count). The molecule has 0 radical (unpaired) electrons. The van der Waals surface area contributed by atoms with E-state index < -0.39 is 0 Å². The van der Waals surface area contributed by atoms with Crippen molar-refractivity contribution >= 4 is 17.4 Å². The topological polar surface area (TPSA) is 34.9 Å². The molecular formula is C15H25ClN2O. The number of ketones is 1. The maximum atomic E-state index is 12.1. The highest BCUT2D eigenvalue weighted by Crippen LogP contribution is 2.24. The zero-order valence-electron chi connectivity index (χ0n) is 12.7. The van der Waals surface area contributed by atoms with Gasteiger partial charge in [0.05, 0.1) is 16.4 Å². The van der Waals surface area contributed by atoms with Crippen molar-refractivity contribution in [2.45, 2.75) is 66.8 Å². The lowest BCUT2D eigenvalue weighted by Gasteiger charge is -2.17. The van der Waals surface area contributed by atoms with Gasteiger partial charge in [0.2, 0.25) is 0 Å². The Morgan fingerprint density at radius 3 is 2.42 bits per heavy atom. The van der Waals surface area contributed by atoms with E-state index in [1.807, 2.05) is 18.5 Å². The fourth-order valence-corrected chi connectivity index (χ4v) is 2.31. The van der Waals surface area contributed by atoms with Crippen LogP contribution in [-0.4, -0.2) is 15.6 Å². The third-order valence-electron chi connectivity index (χ3n) is 3.21. The number of rotatable bonds is 6. The fourth-order valence-electron chi connectivity index (χ4n) is 1.98. The van der Waals surface area contributed by atoms with Gasteiger partial charge in [0.15, 0.2) is 0 Å². The van der Waals surface area contributed by atoms with Crippen molar-refractivity contribution in [1.29, 1.82) is 0 Å². The molecule has 0 amide bonds. The number of carbonyl (C=O) groups is 1. The van der Waals surface area contributed by atoms with E-state index in [4.69, 9.17) is 11.6 Å². The largest absolute Gasteiger partial charge is 0.299 e. The van der Waals surface area contributed by atoms with Crippen LogP contribution in [0.1, 0.15) is 58.8 Å². The predicted octanol–water partition coefficient (Wildman–Crippen LogP) is 4.06. The van der Waals surface area contributed by atoms with Gasteiger partial charge in [0.1, 0.15) is 5.78 Å². The number of carbonyl (C=O) groups excluding carboxylic acids is 1. The van der Waals surface area contributed by atoms with Gasteiger partial charge in [0, 0.05) is 19.4 Å². The van der Waals surface area contributed by atoms with Crippen LogP contribution in [0.5, 0.6) is 0 Å². The number of nitrogens with zero attached hydrogens (tertiary/aromatic N) is 2. The van der Waals surface area contributed by atoms with E-state index in [0.717, 1.165) is 30.8 Å². The molecule has 0 aromatic carbocycles. The van der Waals surface area contributed by atoms with Crippen molar-refractivity contribution in [1.82, 2.24) is 9.78 Å². The summed E-state index contributed by atoms with van der Waals surface area (Å²) in [6.45, 7) is 11.3. The van der Waals surface area contributed by atoms with Gasteiger partial charge in [0.25, 0.3) is 0 Å². The van der Waals surface area contributed by atoms with Crippen molar-refractivity contribution in [3.63, 3.8) is 0 Å². The summed E-state index contributed by atoms with van der Waals surface area (Å²) in [5.41, 5.74) is 1.96. The second-order valence-corrected chi connectivity index (χ2v) is 6.53. The van der Waals surface area contributed by atoms with Gasteiger partial charge in [-0.3, -0.25) is 9.48 Å². The lowest BCUT2D eigenvalue weighted by molar-refractivity contribution is -0.119. The molecule has 0 bridgehead atoms. The van der Waals surface area contributed by atoms with E-state index in [1.54, 1.807) is 0 Å². The molecule has 0 N–H and O–H groups in total. The van der Waals surface area contributed by atoms with Crippen LogP contribution in [0.2, 0.25) is 5.02 Å². The molecule has 1 aromatic rings. The molecule has 108 valence electrons. The van der Waals surface area contributed by atoms with Gasteiger partial charge in [-0.15, -0.1) is 0 Å². The maximum absolute atomic E-state index is 12.1. The lowest BCUT2D eigenvalue weighted by atomic mass is 9.89. The van der Waals surface area contributed by atoms with Gasteiger partial charge in [-0.05, 0) is 25.2 Å². The smallest absolute Gasteiger partial charge is 0.138 e. The first-order valence-electron chi connectivity index (χ1n) is 7.04. The summed E-state index contributed by atoms with van der Waals surface area (Å²) in [6, 6.07) is 0. The van der Waals surface area contributed by atoms with E-state index in [9.17, 15) is 4.79 Å². The Labute approximate surface area is 121 Å². The van der Waals surface area contributed by atoms with Crippen molar-refractivity contribution in [2.24, 2.45) is 5.41 Å². The van der Waals surface area contributed by atoms with Crippen LogP contribution < -0.4 is 0 Å². The van der Waals surface area contributed by atoms with Crippen LogP contribution >= 0.6 is 11.6 Å². The molecule has 0 unspecified atom stereocenters. The van der Waals surface area contributed by atoms with Gasteiger partial charge in [-0.25, -0.2) is 0 Å². The second kappa shape index (κ2) is 6.56. The molecule has 0 aliphatic heterocycles. The third-order valence-corrected chi connectivity index (χ3v) is 3.65. The highest BCUT2D eigenvalue weighted by molar-refractivity contribution is 6.32. The normalized spacial score (nSPS) is 11.9. The van der Waals surface area contributed by atoms with Gasteiger partial charge in [-0.1, -0.05) is 39.3 Å². The summed E-state index contributed by atoms with van der Waals surface area (Å²) in [6.07, 6.45) is 2.71. The minimum Gasteiger partial charge on any atom is -0.299 e. The Balaban J connectivity index is 2.76. The van der Waals surface area contributed by atoms with Crippen molar-refractivity contribution in [3.05, 3.63) is 16.4 Å². The standard InChI is InChI=1S/C15H25ClN2O/c1-6-12-14(16)13(18(7-2)17-12)10-11(19)8-9-15(3,4)5/h6-10H2,1-5H3. The first kappa shape index (κ1) is 16.2. The van der Waals surface area contributed by atoms with E-state index in [1.165, 1.54) is 0 Å². The molecule has 19 heavy (non-hydrogen) atoms. The number of aryl methyl sites for hydroxylation is 2. The maximum Gasteiger partial charge on any atom is 0.138 e. The molecule has 0 saturated carbocycles. The number of hydrogen-bond donors (Lipinski definition) is 0. The fraction of sp³-hybridized carbons (Fsp3) is 0.733. The van der Waals surface area contributed by atoms with E-state index in [0.29, 0.717) is 17.9 Å². The summed E-state index contributed by atoms with van der Waals surface area (Å²) in [5, 5.41) is 5.12. The second-order valence-electron chi connectivity index (χ2n) is 6.15. The van der Waals surface area contributed by atoms with Crippen LogP contribution in [0.25, 0.3) is 0 Å². The van der Waals surface area contributed by atoms with E-state index >= 15 is 0 Å². The van der Waals surface area contributed by atoms with Crippen LogP contribution in [-0.2, 0) is 24.2 Å². The van der Waals surface area contributed by atoms with Crippen LogP contribution in [0.3, 0.4) is 0 Å². The summed E-state index contributed by atoms with van der Waals surface area (Å²) in [5.74, 6) is 0.245. The molecule has 0 spiro atoms. The Bertz CT molecular complexity index is 444. The predicted molar refractivity (Wildman–Crippen MR) is 79.7 cm³/mol. The zero-order chi connectivity index (χ0) is 14.6. The zero-order valence-corrected chi connectivity index (χ0v) is 13.5. The minimum absolute atomic E-state index is 0.193.